The third kappa shape index (κ3) is 6.66. The Hall–Kier alpha value is -3.34. The molecule has 1 atom stereocenters. The summed E-state index contributed by atoms with van der Waals surface area (Å²) in [6.45, 7) is 5.03. The highest BCUT2D eigenvalue weighted by atomic mass is 32.2. The average molecular weight is 522 g/mol. The molecule has 1 aliphatic heterocycles. The molecule has 0 saturated heterocycles. The predicted molar refractivity (Wildman–Crippen MR) is 134 cm³/mol. The summed E-state index contributed by atoms with van der Waals surface area (Å²) < 4.78 is 51.1. The van der Waals surface area contributed by atoms with E-state index >= 15 is 0 Å². The van der Waals surface area contributed by atoms with Gasteiger partial charge in [-0.05, 0) is 50.1 Å². The smallest absolute Gasteiger partial charge is 0.244 e. The van der Waals surface area contributed by atoms with Crippen molar-refractivity contribution in [3.05, 3.63) is 53.8 Å². The summed E-state index contributed by atoms with van der Waals surface area (Å²) in [5.74, 6) is -0.735. The summed E-state index contributed by atoms with van der Waals surface area (Å²) in [4.78, 5) is 27.7. The van der Waals surface area contributed by atoms with Crippen molar-refractivity contribution >= 4 is 27.5 Å². The van der Waals surface area contributed by atoms with Gasteiger partial charge in [-0.15, -0.1) is 0 Å². The van der Waals surface area contributed by atoms with Gasteiger partial charge in [-0.2, -0.15) is 0 Å². The van der Waals surface area contributed by atoms with Crippen LogP contribution in [0.2, 0.25) is 0 Å². The van der Waals surface area contributed by atoms with Crippen LogP contribution in [0.1, 0.15) is 39.2 Å². The van der Waals surface area contributed by atoms with Gasteiger partial charge in [-0.25, -0.2) is 12.8 Å². The largest absolute Gasteiger partial charge is 0.454 e. The summed E-state index contributed by atoms with van der Waals surface area (Å²) in [6, 6.07) is 9.33. The van der Waals surface area contributed by atoms with Gasteiger partial charge < -0.3 is 19.7 Å². The SMILES string of the molecule is CCCCNC(=O)C(C)N(Cc1ccc(F)cc1)C(=O)CN(c1ccc2c(c1)OCO2)S(=O)(=O)CC. The third-order valence-corrected chi connectivity index (χ3v) is 7.63. The Morgan fingerprint density at radius 1 is 1.08 bits per heavy atom. The van der Waals surface area contributed by atoms with E-state index in [1.807, 2.05) is 6.92 Å². The predicted octanol–water partition coefficient (Wildman–Crippen LogP) is 3.04. The second kappa shape index (κ2) is 12.1. The molecule has 196 valence electrons. The number of unbranched alkanes of at least 4 members (excludes halogenated alkanes) is 1. The van der Waals surface area contributed by atoms with Crippen molar-refractivity contribution < 1.29 is 31.9 Å². The second-order valence-electron chi connectivity index (χ2n) is 8.41. The molecule has 1 aliphatic rings. The maximum atomic E-state index is 13.6. The summed E-state index contributed by atoms with van der Waals surface area (Å²) >= 11 is 0. The molecule has 2 amide bonds. The second-order valence-corrected chi connectivity index (χ2v) is 10.6. The monoisotopic (exact) mass is 521 g/mol. The van der Waals surface area contributed by atoms with Crippen LogP contribution in [-0.4, -0.2) is 56.8 Å². The van der Waals surface area contributed by atoms with Gasteiger partial charge in [-0.1, -0.05) is 25.5 Å². The van der Waals surface area contributed by atoms with Crippen molar-refractivity contribution in [2.75, 3.05) is 29.9 Å². The number of amides is 2. The van der Waals surface area contributed by atoms with Gasteiger partial charge in [0.15, 0.2) is 11.5 Å². The Morgan fingerprint density at radius 2 is 1.78 bits per heavy atom. The molecule has 0 aliphatic carbocycles. The molecule has 1 N–H and O–H groups in total. The number of fused-ring (bicyclic) bond motifs is 1. The number of benzene rings is 2. The van der Waals surface area contributed by atoms with Crippen LogP contribution in [-0.2, 0) is 26.2 Å². The molecular weight excluding hydrogens is 489 g/mol. The zero-order valence-electron chi connectivity index (χ0n) is 20.7. The molecule has 0 fully saturated rings. The highest BCUT2D eigenvalue weighted by Gasteiger charge is 2.31. The van der Waals surface area contributed by atoms with Gasteiger partial charge in [0, 0.05) is 19.2 Å². The molecule has 1 unspecified atom stereocenters. The van der Waals surface area contributed by atoms with Crippen molar-refractivity contribution in [2.45, 2.75) is 46.2 Å². The fourth-order valence-corrected chi connectivity index (χ4v) is 4.72. The topological polar surface area (TPSA) is 105 Å². The fraction of sp³-hybridized carbons (Fsp3) is 0.440. The van der Waals surface area contributed by atoms with Gasteiger partial charge in [0.25, 0.3) is 0 Å². The Morgan fingerprint density at radius 3 is 2.44 bits per heavy atom. The first kappa shape index (κ1) is 27.3. The number of anilines is 1. The molecular formula is C25H32FN3O6S. The Bertz CT molecular complexity index is 1170. The number of hydrogen-bond donors (Lipinski definition) is 1. The number of hydrogen-bond acceptors (Lipinski definition) is 6. The molecule has 0 spiro atoms. The van der Waals surface area contributed by atoms with Crippen LogP contribution in [0.5, 0.6) is 11.5 Å². The van der Waals surface area contributed by atoms with E-state index in [0.717, 1.165) is 17.1 Å². The summed E-state index contributed by atoms with van der Waals surface area (Å²) in [6.07, 6.45) is 1.68. The summed E-state index contributed by atoms with van der Waals surface area (Å²) in [5.41, 5.74) is 0.849. The molecule has 0 saturated carbocycles. The van der Waals surface area contributed by atoms with E-state index in [2.05, 4.69) is 5.32 Å². The minimum Gasteiger partial charge on any atom is -0.454 e. The maximum absolute atomic E-state index is 13.6. The van der Waals surface area contributed by atoms with Gasteiger partial charge in [0.1, 0.15) is 18.4 Å². The zero-order valence-corrected chi connectivity index (χ0v) is 21.5. The number of ether oxygens (including phenoxy) is 2. The number of sulfonamides is 1. The highest BCUT2D eigenvalue weighted by Crippen LogP contribution is 2.36. The molecule has 3 rings (SSSR count). The molecule has 0 radical (unpaired) electrons. The van der Waals surface area contributed by atoms with Crippen LogP contribution in [0.4, 0.5) is 10.1 Å². The third-order valence-electron chi connectivity index (χ3n) is 5.89. The summed E-state index contributed by atoms with van der Waals surface area (Å²) in [5, 5.41) is 2.81. The molecule has 2 aromatic rings. The van der Waals surface area contributed by atoms with E-state index in [-0.39, 0.29) is 30.7 Å². The Kier molecular flexibility index (Phi) is 9.14. The van der Waals surface area contributed by atoms with Crippen LogP contribution in [0.3, 0.4) is 0 Å². The van der Waals surface area contributed by atoms with Crippen LogP contribution >= 0.6 is 0 Å². The standard InChI is InChI=1S/C25H32FN3O6S/c1-4-6-13-27-25(31)18(3)28(15-19-7-9-20(26)10-8-19)24(30)16-29(36(32,33)5-2)21-11-12-22-23(14-21)35-17-34-22/h7-12,14,18H,4-6,13,15-17H2,1-3H3,(H,27,31). The van der Waals surface area contributed by atoms with Crippen molar-refractivity contribution in [3.63, 3.8) is 0 Å². The molecule has 0 bridgehead atoms. The highest BCUT2D eigenvalue weighted by molar-refractivity contribution is 7.92. The minimum atomic E-state index is -3.86. The lowest BCUT2D eigenvalue weighted by Gasteiger charge is -2.32. The van der Waals surface area contributed by atoms with Crippen LogP contribution in [0.25, 0.3) is 0 Å². The Labute approximate surface area is 211 Å². The molecule has 9 nitrogen and oxygen atoms in total. The molecule has 2 aromatic carbocycles. The quantitative estimate of drug-likeness (QED) is 0.431. The van der Waals surface area contributed by atoms with Crippen LogP contribution < -0.4 is 19.1 Å². The van der Waals surface area contributed by atoms with E-state index in [0.29, 0.717) is 23.6 Å². The minimum absolute atomic E-state index is 0.00261. The lowest BCUT2D eigenvalue weighted by Crippen LogP contribution is -2.51. The lowest BCUT2D eigenvalue weighted by atomic mass is 10.1. The van der Waals surface area contributed by atoms with Crippen LogP contribution in [0.15, 0.2) is 42.5 Å². The zero-order chi connectivity index (χ0) is 26.3. The van der Waals surface area contributed by atoms with E-state index < -0.39 is 34.3 Å². The lowest BCUT2D eigenvalue weighted by molar-refractivity contribution is -0.139. The van der Waals surface area contributed by atoms with Gasteiger partial charge in [-0.3, -0.25) is 13.9 Å². The van der Waals surface area contributed by atoms with E-state index in [4.69, 9.17) is 9.47 Å². The number of nitrogens with zero attached hydrogens (tertiary/aromatic N) is 2. The summed E-state index contributed by atoms with van der Waals surface area (Å²) in [7, 11) is -3.86. The molecule has 36 heavy (non-hydrogen) atoms. The van der Waals surface area contributed by atoms with Crippen molar-refractivity contribution in [3.8, 4) is 11.5 Å². The molecule has 0 aromatic heterocycles. The van der Waals surface area contributed by atoms with Gasteiger partial charge >= 0.3 is 0 Å². The number of carbonyl (C=O) groups is 2. The Balaban J connectivity index is 1.90. The van der Waals surface area contributed by atoms with E-state index in [9.17, 15) is 22.4 Å². The first-order chi connectivity index (χ1) is 17.2. The normalized spacial score (nSPS) is 13.2. The maximum Gasteiger partial charge on any atom is 0.244 e. The van der Waals surface area contributed by atoms with Gasteiger partial charge in [0.05, 0.1) is 11.4 Å². The molecule has 11 heteroatoms. The van der Waals surface area contributed by atoms with Crippen molar-refractivity contribution in [1.82, 2.24) is 10.2 Å². The van der Waals surface area contributed by atoms with Crippen molar-refractivity contribution in [2.24, 2.45) is 0 Å². The number of rotatable bonds is 12. The van der Waals surface area contributed by atoms with E-state index in [1.54, 1.807) is 19.1 Å². The first-order valence-corrected chi connectivity index (χ1v) is 13.5. The number of nitrogens with one attached hydrogen (secondary N) is 1. The fourth-order valence-electron chi connectivity index (χ4n) is 3.67. The number of carbonyl (C=O) groups excluding carboxylic acids is 2. The van der Waals surface area contributed by atoms with Gasteiger partial charge in [0.2, 0.25) is 28.6 Å². The first-order valence-electron chi connectivity index (χ1n) is 11.9. The van der Waals surface area contributed by atoms with Crippen molar-refractivity contribution in [1.29, 1.82) is 0 Å². The van der Waals surface area contributed by atoms with E-state index in [1.165, 1.54) is 42.2 Å². The number of halogens is 1. The average Bonchev–Trinajstić information content (AvgIpc) is 3.34. The molecule has 1 heterocycles. The van der Waals surface area contributed by atoms with Crippen LogP contribution in [0, 0.1) is 5.82 Å².